The molecule has 0 spiro atoms. The van der Waals surface area contributed by atoms with Gasteiger partial charge < -0.3 is 5.73 Å². The van der Waals surface area contributed by atoms with Crippen LogP contribution in [0.3, 0.4) is 0 Å². The molecule has 0 radical (unpaired) electrons. The molecule has 9 heteroatoms. The molecule has 26 heavy (non-hydrogen) atoms. The molecule has 4 aromatic rings. The summed E-state index contributed by atoms with van der Waals surface area (Å²) in [4.78, 5) is 22.5. The van der Waals surface area contributed by atoms with Crippen molar-refractivity contribution in [1.82, 2.24) is 29.3 Å². The van der Waals surface area contributed by atoms with Crippen LogP contribution in [0.1, 0.15) is 5.69 Å². The van der Waals surface area contributed by atoms with Crippen molar-refractivity contribution < 1.29 is 0 Å². The average molecular weight is 430 g/mol. The van der Waals surface area contributed by atoms with E-state index in [9.17, 15) is 0 Å². The highest BCUT2D eigenvalue weighted by atomic mass is 79.9. The molecule has 0 bridgehead atoms. The minimum absolute atomic E-state index is 0. The number of halogens is 1. The van der Waals surface area contributed by atoms with Gasteiger partial charge in [-0.25, -0.2) is 15.0 Å². The van der Waals surface area contributed by atoms with Crippen molar-refractivity contribution in [3.63, 3.8) is 0 Å². The SMILES string of the molecule is Br.CSc1nccc(-c2c(-c3cccc(C)n3)nc3nc(N)ccn23)n1. The molecule has 0 aliphatic carbocycles. The number of nitrogens with two attached hydrogens (primary N) is 1. The molecule has 0 fully saturated rings. The van der Waals surface area contributed by atoms with Crippen molar-refractivity contribution in [2.45, 2.75) is 12.1 Å². The summed E-state index contributed by atoms with van der Waals surface area (Å²) in [5.74, 6) is 0.929. The van der Waals surface area contributed by atoms with E-state index in [2.05, 4.69) is 24.9 Å². The summed E-state index contributed by atoms with van der Waals surface area (Å²) in [6, 6.07) is 9.44. The van der Waals surface area contributed by atoms with Gasteiger partial charge in [0.05, 0.1) is 11.4 Å². The van der Waals surface area contributed by atoms with E-state index in [0.717, 1.165) is 22.8 Å². The molecular weight excluding hydrogens is 414 g/mol. The van der Waals surface area contributed by atoms with Gasteiger partial charge in [0, 0.05) is 18.1 Å². The Bertz CT molecular complexity index is 1080. The summed E-state index contributed by atoms with van der Waals surface area (Å²) in [5.41, 5.74) is 9.80. The molecule has 0 amide bonds. The maximum Gasteiger partial charge on any atom is 0.236 e. The Morgan fingerprint density at radius 2 is 1.85 bits per heavy atom. The number of nitrogens with zero attached hydrogens (tertiary/aromatic N) is 6. The molecule has 4 rings (SSSR count). The van der Waals surface area contributed by atoms with E-state index in [0.29, 0.717) is 22.4 Å². The van der Waals surface area contributed by atoms with Crippen molar-refractivity contribution >= 4 is 40.3 Å². The third kappa shape index (κ3) is 3.27. The van der Waals surface area contributed by atoms with Crippen LogP contribution >= 0.6 is 28.7 Å². The van der Waals surface area contributed by atoms with Crippen molar-refractivity contribution in [3.8, 4) is 22.8 Å². The van der Waals surface area contributed by atoms with Gasteiger partial charge in [-0.1, -0.05) is 17.8 Å². The number of rotatable bonds is 3. The maximum absolute atomic E-state index is 5.82. The van der Waals surface area contributed by atoms with E-state index < -0.39 is 0 Å². The van der Waals surface area contributed by atoms with E-state index >= 15 is 0 Å². The van der Waals surface area contributed by atoms with E-state index in [-0.39, 0.29) is 17.0 Å². The van der Waals surface area contributed by atoms with Crippen LogP contribution in [0, 0.1) is 6.92 Å². The Morgan fingerprint density at radius 3 is 2.62 bits per heavy atom. The molecule has 4 heterocycles. The van der Waals surface area contributed by atoms with Gasteiger partial charge in [-0.15, -0.1) is 17.0 Å². The third-order valence-corrected chi connectivity index (χ3v) is 4.27. The number of hydrogen-bond donors (Lipinski definition) is 1. The zero-order valence-electron chi connectivity index (χ0n) is 14.1. The molecule has 7 nitrogen and oxygen atoms in total. The summed E-state index contributed by atoms with van der Waals surface area (Å²) in [7, 11) is 0. The van der Waals surface area contributed by atoms with Gasteiger partial charge in [-0.2, -0.15) is 4.98 Å². The summed E-state index contributed by atoms with van der Waals surface area (Å²) in [5, 5.41) is 0.694. The lowest BCUT2D eigenvalue weighted by atomic mass is 10.1. The molecule has 0 atom stereocenters. The second-order valence-corrected chi connectivity index (χ2v) is 6.20. The Hall–Kier alpha value is -2.52. The van der Waals surface area contributed by atoms with Crippen LogP contribution in [-0.4, -0.2) is 35.6 Å². The second-order valence-electron chi connectivity index (χ2n) is 5.42. The highest BCUT2D eigenvalue weighted by molar-refractivity contribution is 8.93. The predicted octanol–water partition coefficient (Wildman–Crippen LogP) is 3.44. The quantitative estimate of drug-likeness (QED) is 0.393. The summed E-state index contributed by atoms with van der Waals surface area (Å²) < 4.78 is 1.88. The highest BCUT2D eigenvalue weighted by Gasteiger charge is 2.19. The largest absolute Gasteiger partial charge is 0.384 e. The van der Waals surface area contributed by atoms with Crippen LogP contribution in [0.2, 0.25) is 0 Å². The van der Waals surface area contributed by atoms with Gasteiger partial charge in [0.2, 0.25) is 5.78 Å². The Labute approximate surface area is 164 Å². The maximum atomic E-state index is 5.82. The fraction of sp³-hybridized carbons (Fsp3) is 0.118. The first-order valence-corrected chi connectivity index (χ1v) is 8.84. The fourth-order valence-corrected chi connectivity index (χ4v) is 2.97. The van der Waals surface area contributed by atoms with Crippen molar-refractivity contribution in [3.05, 3.63) is 48.4 Å². The van der Waals surface area contributed by atoms with E-state index in [1.165, 1.54) is 11.8 Å². The standard InChI is InChI=1S/C17H15N7S.BrH/c1-10-4-3-5-11(20-10)14-15(12-6-8-19-17(21-12)25-2)24-9-7-13(18)22-16(24)23-14;/h3-9H,1-2H3,(H2,18,22,23);1H. The molecule has 132 valence electrons. The number of imidazole rings is 1. The summed E-state index contributed by atoms with van der Waals surface area (Å²) in [6.45, 7) is 1.95. The van der Waals surface area contributed by atoms with Gasteiger partial charge in [-0.3, -0.25) is 9.38 Å². The van der Waals surface area contributed by atoms with Gasteiger partial charge in [-0.05, 0) is 37.4 Å². The number of hydrogen-bond acceptors (Lipinski definition) is 7. The molecule has 0 saturated heterocycles. The normalized spacial score (nSPS) is 10.7. The summed E-state index contributed by atoms with van der Waals surface area (Å²) in [6.07, 6.45) is 5.53. The number of aryl methyl sites for hydroxylation is 1. The molecule has 0 aliphatic rings. The lowest BCUT2D eigenvalue weighted by Crippen LogP contribution is -1.97. The van der Waals surface area contributed by atoms with Crippen LogP contribution in [0.25, 0.3) is 28.6 Å². The number of anilines is 1. The van der Waals surface area contributed by atoms with Crippen molar-refractivity contribution in [2.24, 2.45) is 0 Å². The molecule has 0 saturated carbocycles. The van der Waals surface area contributed by atoms with Gasteiger partial charge >= 0.3 is 0 Å². The van der Waals surface area contributed by atoms with Crippen molar-refractivity contribution in [1.29, 1.82) is 0 Å². The van der Waals surface area contributed by atoms with E-state index in [1.807, 2.05) is 48.0 Å². The van der Waals surface area contributed by atoms with Crippen LogP contribution in [-0.2, 0) is 0 Å². The molecule has 0 unspecified atom stereocenters. The zero-order valence-corrected chi connectivity index (χ0v) is 16.6. The van der Waals surface area contributed by atoms with Crippen LogP contribution in [0.15, 0.2) is 47.9 Å². The second kappa shape index (κ2) is 7.38. The predicted molar refractivity (Wildman–Crippen MR) is 108 cm³/mol. The van der Waals surface area contributed by atoms with Gasteiger partial charge in [0.1, 0.15) is 17.2 Å². The molecule has 2 N–H and O–H groups in total. The molecular formula is C17H16BrN7S. The monoisotopic (exact) mass is 429 g/mol. The first kappa shape index (κ1) is 18.3. The summed E-state index contributed by atoms with van der Waals surface area (Å²) >= 11 is 1.49. The van der Waals surface area contributed by atoms with Gasteiger partial charge in [0.25, 0.3) is 0 Å². The number of nitrogen functional groups attached to an aromatic ring is 1. The third-order valence-electron chi connectivity index (χ3n) is 3.71. The van der Waals surface area contributed by atoms with Crippen molar-refractivity contribution in [2.75, 3.05) is 12.0 Å². The minimum atomic E-state index is 0. The lowest BCUT2D eigenvalue weighted by molar-refractivity contribution is 0.967. The van der Waals surface area contributed by atoms with E-state index in [1.54, 1.807) is 12.3 Å². The smallest absolute Gasteiger partial charge is 0.236 e. The fourth-order valence-electron chi connectivity index (χ4n) is 2.61. The Morgan fingerprint density at radius 1 is 1.00 bits per heavy atom. The lowest BCUT2D eigenvalue weighted by Gasteiger charge is -2.06. The average Bonchev–Trinajstić information content (AvgIpc) is 3.00. The first-order chi connectivity index (χ1) is 12.2. The number of pyridine rings is 1. The van der Waals surface area contributed by atoms with Crippen LogP contribution in [0.5, 0.6) is 0 Å². The minimum Gasteiger partial charge on any atom is -0.384 e. The van der Waals surface area contributed by atoms with E-state index in [4.69, 9.17) is 5.73 Å². The number of aromatic nitrogens is 6. The van der Waals surface area contributed by atoms with Crippen LogP contribution < -0.4 is 5.73 Å². The Balaban J connectivity index is 0.00000196. The number of fused-ring (bicyclic) bond motifs is 1. The highest BCUT2D eigenvalue weighted by Crippen LogP contribution is 2.31. The zero-order chi connectivity index (χ0) is 17.4. The number of thioether (sulfide) groups is 1. The molecule has 4 aromatic heterocycles. The van der Waals surface area contributed by atoms with Crippen LogP contribution in [0.4, 0.5) is 5.82 Å². The molecule has 0 aliphatic heterocycles. The van der Waals surface area contributed by atoms with Gasteiger partial charge in [0.15, 0.2) is 5.16 Å². The Kier molecular flexibility index (Phi) is 5.19. The topological polar surface area (TPSA) is 94.9 Å². The first-order valence-electron chi connectivity index (χ1n) is 7.62. The molecule has 0 aromatic carbocycles.